The van der Waals surface area contributed by atoms with Crippen LogP contribution in [0.4, 0.5) is 60.5 Å². The molecule has 0 bridgehead atoms. The van der Waals surface area contributed by atoms with Crippen molar-refractivity contribution < 1.29 is 40.7 Å². The van der Waals surface area contributed by atoms with Crippen LogP contribution in [-0.4, -0.2) is 155 Å². The SMILES string of the molecule is C=CC(=O)N1CCN(c2c(C#N)c(=O)n(-c3c(C)ccnc3C(C)C)c3nc(-c4c(F)c(F)c(Cl)c(N)c4Cl)c(Cl)cc23)CC1.C=CC(=O)N1CCN(c2c(C#N)c(=O)n(-c3c(C)ccnc3C(C)C)c3nc(-c4c(F)c(F)c(Cl)c(N)c4Cl)c(Cl)cc23)CC1.C=CC(=O)N1CCN(c2c(C#N)c(=O)n(-c3c(C)ccnc3C(C)C)c3nc(-c4c(F)c(F)c(Cl)c(N)c4Cl)c(Cl)cc23)CC1. The van der Waals surface area contributed by atoms with Gasteiger partial charge in [-0.05, 0) is 110 Å². The average Bonchev–Trinajstić information content (AvgIpc) is 0.728. The number of rotatable bonds is 15. The number of benzene rings is 3. The van der Waals surface area contributed by atoms with Crippen molar-refractivity contribution in [2.45, 2.75) is 80.1 Å². The Morgan fingerprint density at radius 1 is 0.378 bits per heavy atom. The van der Waals surface area contributed by atoms with Crippen molar-refractivity contribution in [3.05, 3.63) is 255 Å². The number of hydrogen-bond donors (Lipinski definition) is 3. The Labute approximate surface area is 812 Å². The van der Waals surface area contributed by atoms with E-state index in [0.29, 0.717) is 90.1 Å². The minimum absolute atomic E-state index is 0.0135. The Morgan fingerprint density at radius 2 is 0.600 bits per heavy atom. The fourth-order valence-corrected chi connectivity index (χ4v) is 18.7. The van der Waals surface area contributed by atoms with Crippen molar-refractivity contribution >= 4 is 189 Å². The first kappa shape index (κ1) is 99.7. The van der Waals surface area contributed by atoms with Crippen molar-refractivity contribution in [2.24, 2.45) is 0 Å². The Bertz CT molecular complexity index is 6650. The van der Waals surface area contributed by atoms with Crippen molar-refractivity contribution in [1.82, 2.24) is 58.3 Å². The van der Waals surface area contributed by atoms with Crippen molar-refractivity contribution in [1.29, 1.82) is 15.8 Å². The summed E-state index contributed by atoms with van der Waals surface area (Å²) in [6.45, 7) is 30.7. The van der Waals surface area contributed by atoms with E-state index in [1.54, 1.807) is 87.0 Å². The first-order valence-electron chi connectivity index (χ1n) is 41.3. The van der Waals surface area contributed by atoms with Crippen LogP contribution in [0.3, 0.4) is 0 Å². The van der Waals surface area contributed by atoms with Gasteiger partial charge in [0.25, 0.3) is 16.7 Å². The van der Waals surface area contributed by atoms with Crippen LogP contribution in [-0.2, 0) is 14.4 Å². The lowest BCUT2D eigenvalue weighted by Crippen LogP contribution is -2.49. The van der Waals surface area contributed by atoms with Crippen molar-refractivity contribution in [2.75, 3.05) is 110 Å². The largest absolute Gasteiger partial charge is 0.396 e. The predicted molar refractivity (Wildman–Crippen MR) is 517 cm³/mol. The molecule has 3 aliphatic heterocycles. The predicted octanol–water partition coefficient (Wildman–Crippen LogP) is 19.2. The third-order valence-corrected chi connectivity index (χ3v) is 26.3. The zero-order chi connectivity index (χ0) is 98.7. The van der Waals surface area contributed by atoms with Crippen molar-refractivity contribution in [3.63, 3.8) is 0 Å². The topological polar surface area (TPSA) is 363 Å². The highest BCUT2D eigenvalue weighted by Crippen LogP contribution is 2.50. The summed E-state index contributed by atoms with van der Waals surface area (Å²) < 4.78 is 94.6. The van der Waals surface area contributed by atoms with Crippen LogP contribution in [0, 0.1) is 89.7 Å². The van der Waals surface area contributed by atoms with E-state index in [9.17, 15) is 57.7 Å². The number of aromatic nitrogens is 9. The maximum Gasteiger partial charge on any atom is 0.276 e. The molecule has 15 rings (SSSR count). The number of piperazine rings is 3. The van der Waals surface area contributed by atoms with Crippen LogP contribution in [0.25, 0.3) is 83.9 Å². The van der Waals surface area contributed by atoms with Gasteiger partial charge in [-0.25, -0.2) is 41.3 Å². The molecule has 42 heteroatoms. The molecule has 0 spiro atoms. The molecule has 12 aromatic rings. The van der Waals surface area contributed by atoms with Crippen LogP contribution in [0.1, 0.15) is 110 Å². The van der Waals surface area contributed by atoms with Gasteiger partial charge >= 0.3 is 0 Å². The number of hydrogen-bond acceptors (Lipinski definition) is 21. The highest BCUT2D eigenvalue weighted by Gasteiger charge is 2.38. The number of carbonyl (C=O) groups is 3. The summed E-state index contributed by atoms with van der Waals surface area (Å²) in [4.78, 5) is 117. The minimum atomic E-state index is -1.44. The highest BCUT2D eigenvalue weighted by molar-refractivity contribution is 6.44. The first-order valence-corrected chi connectivity index (χ1v) is 44.7. The lowest BCUT2D eigenvalue weighted by molar-refractivity contribution is -0.127. The number of fused-ring (bicyclic) bond motifs is 3. The molecule has 0 saturated carbocycles. The molecule has 9 aromatic heterocycles. The molecule has 27 nitrogen and oxygen atoms in total. The van der Waals surface area contributed by atoms with Crippen LogP contribution in [0.2, 0.25) is 45.2 Å². The summed E-state index contributed by atoms with van der Waals surface area (Å²) in [7, 11) is 0. The Hall–Kier alpha value is -12.7. The number of amides is 3. The van der Waals surface area contributed by atoms with Gasteiger partial charge in [0.15, 0.2) is 34.9 Å². The van der Waals surface area contributed by atoms with Gasteiger partial charge in [0.2, 0.25) is 17.7 Å². The van der Waals surface area contributed by atoms with Crippen LogP contribution >= 0.6 is 104 Å². The van der Waals surface area contributed by atoms with E-state index >= 15 is 13.2 Å². The second kappa shape index (κ2) is 40.1. The number of aryl methyl sites for hydroxylation is 3. The second-order valence-corrected chi connectivity index (χ2v) is 35.7. The molecular formula is C93H78Cl9F6N21O6. The molecule has 3 aliphatic rings. The van der Waals surface area contributed by atoms with E-state index in [1.165, 1.54) is 50.1 Å². The Morgan fingerprint density at radius 3 is 0.800 bits per heavy atom. The summed E-state index contributed by atoms with van der Waals surface area (Å²) in [5.74, 6) is -9.84. The second-order valence-electron chi connectivity index (χ2n) is 32.2. The number of nitrogens with zero attached hydrogens (tertiary/aromatic N) is 18. The molecule has 0 unspecified atom stereocenters. The van der Waals surface area contributed by atoms with Gasteiger partial charge in [0.05, 0.1) is 132 Å². The van der Waals surface area contributed by atoms with E-state index in [-0.39, 0.29) is 174 Å². The molecule has 3 saturated heterocycles. The number of pyridine rings is 9. The van der Waals surface area contributed by atoms with Crippen LogP contribution < -0.4 is 48.6 Å². The molecule has 696 valence electrons. The molecule has 135 heavy (non-hydrogen) atoms. The Balaban J connectivity index is 0.000000171. The van der Waals surface area contributed by atoms with Gasteiger partial charge in [-0.2, -0.15) is 15.8 Å². The van der Waals surface area contributed by atoms with Crippen LogP contribution in [0.5, 0.6) is 0 Å². The quantitative estimate of drug-likeness (QED) is 0.0282. The Kier molecular flexibility index (Phi) is 29.6. The number of nitrogen functional groups attached to an aromatic ring is 3. The number of nitriles is 3. The summed E-state index contributed by atoms with van der Waals surface area (Å²) in [6, 6.07) is 15.6. The van der Waals surface area contributed by atoms with E-state index in [4.69, 9.17) is 122 Å². The van der Waals surface area contributed by atoms with Crippen LogP contribution in [0.15, 0.2) is 107 Å². The number of anilines is 6. The van der Waals surface area contributed by atoms with Gasteiger partial charge in [-0.3, -0.25) is 57.4 Å². The first-order chi connectivity index (χ1) is 64.0. The summed E-state index contributed by atoms with van der Waals surface area (Å²) >= 11 is 56.9. The third-order valence-electron chi connectivity index (χ3n) is 23.2. The maximum absolute atomic E-state index is 15.5. The number of halogens is 15. The molecule has 3 fully saturated rings. The number of carbonyl (C=O) groups excluding carboxylic acids is 3. The molecule has 3 aromatic carbocycles. The molecule has 6 N–H and O–H groups in total. The van der Waals surface area contributed by atoms with Gasteiger partial charge in [-0.15, -0.1) is 0 Å². The molecule has 3 amide bonds. The molecule has 12 heterocycles. The maximum atomic E-state index is 15.5. The standard InChI is InChI=1S/3C31H26Cl3F2N7O2/c3*1-5-19(44)41-8-10-42(11-9-41)29-16-12-18(32)27(20-21(33)25(38)22(34)24(36)23(20)35)40-30(16)43(31(45)17(29)13-37)28-15(4)6-7-39-26(28)14(2)3/h3*5-7,12,14H,1,8-11,38H2,2-4H3. The monoisotopic (exact) mass is 2010 g/mol. The summed E-state index contributed by atoms with van der Waals surface area (Å²) in [5, 5.41) is 28.1. The summed E-state index contributed by atoms with van der Waals surface area (Å²) in [5.41, 5.74) is 16.5. The highest BCUT2D eigenvalue weighted by atomic mass is 35.5. The van der Waals surface area contributed by atoms with Gasteiger partial charge < -0.3 is 46.6 Å². The molecule has 0 radical (unpaired) electrons. The zero-order valence-electron chi connectivity index (χ0n) is 73.2. The average molecular weight is 2020 g/mol. The summed E-state index contributed by atoms with van der Waals surface area (Å²) in [6.07, 6.45) is 8.48. The normalized spacial score (nSPS) is 13.4. The van der Waals surface area contributed by atoms with E-state index in [2.05, 4.69) is 67.8 Å². The lowest BCUT2D eigenvalue weighted by Gasteiger charge is -2.36. The van der Waals surface area contributed by atoms with Gasteiger partial charge in [-0.1, -0.05) is 166 Å². The molecule has 0 aliphatic carbocycles. The fraction of sp³-hybridized carbons (Fsp3) is 0.258. The van der Waals surface area contributed by atoms with E-state index in [0.717, 1.165) is 0 Å². The van der Waals surface area contributed by atoms with E-state index in [1.807, 2.05) is 41.5 Å². The smallest absolute Gasteiger partial charge is 0.276 e. The minimum Gasteiger partial charge on any atom is -0.396 e. The lowest BCUT2D eigenvalue weighted by atomic mass is 10.0. The third kappa shape index (κ3) is 17.8. The molecule has 0 atom stereocenters. The fourth-order valence-electron chi connectivity index (χ4n) is 16.5. The molecular weight excluding hydrogens is 1940 g/mol. The van der Waals surface area contributed by atoms with Crippen molar-refractivity contribution in [3.8, 4) is 69.0 Å². The zero-order valence-corrected chi connectivity index (χ0v) is 80.0. The van der Waals surface area contributed by atoms with Gasteiger partial charge in [0.1, 0.15) is 66.9 Å². The van der Waals surface area contributed by atoms with E-state index < -0.39 is 115 Å². The number of nitrogens with two attached hydrogens (primary N) is 3. The van der Waals surface area contributed by atoms with Gasteiger partial charge in [0, 0.05) is 113 Å².